The van der Waals surface area contributed by atoms with Crippen molar-refractivity contribution in [3.05, 3.63) is 136 Å². The van der Waals surface area contributed by atoms with Crippen molar-refractivity contribution in [1.82, 2.24) is 10.6 Å². The molecule has 2 unspecified atom stereocenters. The van der Waals surface area contributed by atoms with E-state index in [1.807, 2.05) is 54.6 Å². The summed E-state index contributed by atoms with van der Waals surface area (Å²) in [5, 5.41) is 17.3. The van der Waals surface area contributed by atoms with Crippen molar-refractivity contribution in [2.45, 2.75) is 25.1 Å². The van der Waals surface area contributed by atoms with Gasteiger partial charge < -0.3 is 20.5 Å². The molecule has 0 radical (unpaired) electrons. The first-order chi connectivity index (χ1) is 19.4. The van der Waals surface area contributed by atoms with Crippen LogP contribution < -0.4 is 15.4 Å². The van der Waals surface area contributed by atoms with Gasteiger partial charge in [-0.3, -0.25) is 14.4 Å². The Kier molecular flexibility index (Phi) is 8.15. The predicted octanol–water partition coefficient (Wildman–Crippen LogP) is 3.96. The Balaban J connectivity index is 1.32. The second kappa shape index (κ2) is 12.1. The van der Waals surface area contributed by atoms with Crippen LogP contribution in [0.2, 0.25) is 0 Å². The number of nitrogens with one attached hydrogen (secondary N) is 2. The molecule has 0 saturated carbocycles. The molecular weight excluding hydrogens is 504 g/mol. The summed E-state index contributed by atoms with van der Waals surface area (Å²) >= 11 is 0. The predicted molar refractivity (Wildman–Crippen MR) is 152 cm³/mol. The number of aliphatic hydroxyl groups is 1. The summed E-state index contributed by atoms with van der Waals surface area (Å²) in [6.07, 6.45) is -0.493. The van der Waals surface area contributed by atoms with E-state index >= 15 is 0 Å². The van der Waals surface area contributed by atoms with Gasteiger partial charge in [0, 0.05) is 40.9 Å². The van der Waals surface area contributed by atoms with Crippen molar-refractivity contribution >= 4 is 17.5 Å². The van der Waals surface area contributed by atoms with Gasteiger partial charge in [-0.2, -0.15) is 0 Å². The maximum Gasteiger partial charge on any atom is 0.251 e. The molecule has 5 rings (SSSR count). The number of hydrogen-bond donors (Lipinski definition) is 3. The van der Waals surface area contributed by atoms with Crippen LogP contribution in [0, 0.1) is 0 Å². The lowest BCUT2D eigenvalue weighted by Gasteiger charge is -2.25. The number of hydrogen-bond acceptors (Lipinski definition) is 6. The highest BCUT2D eigenvalue weighted by Crippen LogP contribution is 2.28. The van der Waals surface area contributed by atoms with Gasteiger partial charge in [0.25, 0.3) is 5.91 Å². The Bertz CT molecular complexity index is 1550. The molecule has 1 aliphatic rings. The Morgan fingerprint density at radius 1 is 0.775 bits per heavy atom. The SMILES string of the molecule is COc1cccc(CNCC(O)C(Cc2ccccc2)NC(=O)c2ccc3c(c2)C(=O)c2ccccc2C3=O)c1. The first kappa shape index (κ1) is 27.0. The van der Waals surface area contributed by atoms with Crippen LogP contribution in [0.4, 0.5) is 0 Å². The van der Waals surface area contributed by atoms with Gasteiger partial charge in [-0.1, -0.05) is 66.7 Å². The van der Waals surface area contributed by atoms with Crippen molar-refractivity contribution in [3.63, 3.8) is 0 Å². The van der Waals surface area contributed by atoms with Crippen LogP contribution in [-0.4, -0.2) is 48.4 Å². The largest absolute Gasteiger partial charge is 0.497 e. The number of aliphatic hydroxyl groups excluding tert-OH is 1. The minimum absolute atomic E-state index is 0.205. The van der Waals surface area contributed by atoms with E-state index in [-0.39, 0.29) is 34.8 Å². The average Bonchev–Trinajstić information content (AvgIpc) is 2.99. The number of rotatable bonds is 10. The number of ether oxygens (including phenoxy) is 1. The minimum Gasteiger partial charge on any atom is -0.497 e. The zero-order valence-corrected chi connectivity index (χ0v) is 22.1. The summed E-state index contributed by atoms with van der Waals surface area (Å²) in [7, 11) is 1.61. The molecule has 0 saturated heterocycles. The van der Waals surface area contributed by atoms with E-state index in [1.165, 1.54) is 12.1 Å². The monoisotopic (exact) mass is 534 g/mol. The first-order valence-electron chi connectivity index (χ1n) is 13.1. The number of amides is 1. The summed E-state index contributed by atoms with van der Waals surface area (Å²) in [6, 6.07) is 27.9. The van der Waals surface area contributed by atoms with Crippen molar-refractivity contribution < 1.29 is 24.2 Å². The maximum atomic E-state index is 13.4. The fraction of sp³-hybridized carbons (Fsp3) is 0.182. The summed E-state index contributed by atoms with van der Waals surface area (Å²) in [6.45, 7) is 0.756. The molecule has 0 aliphatic heterocycles. The molecule has 40 heavy (non-hydrogen) atoms. The van der Waals surface area contributed by atoms with Gasteiger partial charge in [-0.05, 0) is 47.9 Å². The number of methoxy groups -OCH3 is 1. The topological polar surface area (TPSA) is 105 Å². The Morgan fingerprint density at radius 2 is 1.43 bits per heavy atom. The Labute approximate surface area is 232 Å². The van der Waals surface area contributed by atoms with Crippen LogP contribution in [0.15, 0.2) is 97.1 Å². The van der Waals surface area contributed by atoms with Crippen molar-refractivity contribution in [2.24, 2.45) is 0 Å². The quantitative estimate of drug-likeness (QED) is 0.251. The van der Waals surface area contributed by atoms with E-state index in [9.17, 15) is 19.5 Å². The van der Waals surface area contributed by atoms with Gasteiger partial charge in [-0.25, -0.2) is 0 Å². The van der Waals surface area contributed by atoms with Crippen LogP contribution in [0.5, 0.6) is 5.75 Å². The molecule has 0 bridgehead atoms. The van der Waals surface area contributed by atoms with E-state index in [0.717, 1.165) is 16.9 Å². The summed E-state index contributed by atoms with van der Waals surface area (Å²) in [4.78, 5) is 39.5. The molecule has 7 heteroatoms. The number of ketones is 2. The van der Waals surface area contributed by atoms with E-state index < -0.39 is 18.1 Å². The summed E-state index contributed by atoms with van der Waals surface area (Å²) in [5.41, 5.74) is 3.39. The third kappa shape index (κ3) is 5.86. The van der Waals surface area contributed by atoms with Crippen LogP contribution >= 0.6 is 0 Å². The van der Waals surface area contributed by atoms with E-state index in [1.54, 1.807) is 37.4 Å². The van der Waals surface area contributed by atoms with Crippen LogP contribution in [-0.2, 0) is 13.0 Å². The van der Waals surface area contributed by atoms with Gasteiger partial charge in [0.1, 0.15) is 5.75 Å². The van der Waals surface area contributed by atoms with Crippen molar-refractivity contribution in [3.8, 4) is 5.75 Å². The average molecular weight is 535 g/mol. The second-order valence-electron chi connectivity index (χ2n) is 9.78. The van der Waals surface area contributed by atoms with E-state index in [0.29, 0.717) is 24.1 Å². The van der Waals surface area contributed by atoms with Gasteiger partial charge >= 0.3 is 0 Å². The molecule has 4 aromatic rings. The fourth-order valence-corrected chi connectivity index (χ4v) is 4.93. The Hall–Kier alpha value is -4.59. The third-order valence-electron chi connectivity index (χ3n) is 7.08. The van der Waals surface area contributed by atoms with Gasteiger partial charge in [0.2, 0.25) is 0 Å². The number of carbonyl (C=O) groups is 3. The lowest BCUT2D eigenvalue weighted by Crippen LogP contribution is -2.48. The van der Waals surface area contributed by atoms with E-state index in [2.05, 4.69) is 10.6 Å². The molecule has 202 valence electrons. The minimum atomic E-state index is -0.900. The smallest absolute Gasteiger partial charge is 0.251 e. The highest BCUT2D eigenvalue weighted by molar-refractivity contribution is 6.28. The zero-order valence-electron chi connectivity index (χ0n) is 22.1. The molecule has 3 N–H and O–H groups in total. The Morgan fingerprint density at radius 3 is 2.15 bits per heavy atom. The lowest BCUT2D eigenvalue weighted by atomic mass is 9.83. The molecule has 7 nitrogen and oxygen atoms in total. The maximum absolute atomic E-state index is 13.4. The zero-order chi connectivity index (χ0) is 28.1. The molecular formula is C33H30N2O5. The van der Waals surface area contributed by atoms with Crippen LogP contribution in [0.3, 0.4) is 0 Å². The van der Waals surface area contributed by atoms with Gasteiger partial charge in [0.15, 0.2) is 11.6 Å². The molecule has 4 aromatic carbocycles. The standard InChI is InChI=1S/C33H30N2O5/c1-40-24-11-7-10-22(16-24)19-34-20-30(36)29(17-21-8-3-2-4-9-21)35-33(39)23-14-15-27-28(18-23)32(38)26-13-6-5-12-25(26)31(27)37/h2-16,18,29-30,34,36H,17,19-20H2,1H3,(H,35,39). The number of fused-ring (bicyclic) bond motifs is 2. The molecule has 0 fully saturated rings. The number of carbonyl (C=O) groups excluding carboxylic acids is 3. The lowest BCUT2D eigenvalue weighted by molar-refractivity contribution is 0.0829. The molecule has 1 aliphatic carbocycles. The van der Waals surface area contributed by atoms with Crippen LogP contribution in [0.1, 0.15) is 53.3 Å². The van der Waals surface area contributed by atoms with Gasteiger partial charge in [-0.15, -0.1) is 0 Å². The van der Waals surface area contributed by atoms with Crippen molar-refractivity contribution in [1.29, 1.82) is 0 Å². The van der Waals surface area contributed by atoms with E-state index in [4.69, 9.17) is 4.74 Å². The highest BCUT2D eigenvalue weighted by Gasteiger charge is 2.30. The normalized spacial score (nSPS) is 13.7. The van der Waals surface area contributed by atoms with Crippen molar-refractivity contribution in [2.75, 3.05) is 13.7 Å². The van der Waals surface area contributed by atoms with Gasteiger partial charge in [0.05, 0.1) is 19.3 Å². The molecule has 0 heterocycles. The highest BCUT2D eigenvalue weighted by atomic mass is 16.5. The first-order valence-corrected chi connectivity index (χ1v) is 13.1. The number of benzene rings is 4. The molecule has 0 spiro atoms. The molecule has 0 aromatic heterocycles. The molecule has 2 atom stereocenters. The summed E-state index contributed by atoms with van der Waals surface area (Å²) < 4.78 is 5.27. The second-order valence-corrected chi connectivity index (χ2v) is 9.78. The molecule has 1 amide bonds. The fourth-order valence-electron chi connectivity index (χ4n) is 4.93. The third-order valence-corrected chi connectivity index (χ3v) is 7.08. The summed E-state index contributed by atoms with van der Waals surface area (Å²) in [5.74, 6) is -0.212. The van der Waals surface area contributed by atoms with Crippen LogP contribution in [0.25, 0.3) is 0 Å².